The molecule has 4 rings (SSSR count). The van der Waals surface area contributed by atoms with Crippen LogP contribution in [0.4, 0.5) is 5.69 Å². The van der Waals surface area contributed by atoms with Gasteiger partial charge in [-0.15, -0.1) is 11.3 Å². The summed E-state index contributed by atoms with van der Waals surface area (Å²) in [7, 11) is 1.69. The first kappa shape index (κ1) is 23.7. The van der Waals surface area contributed by atoms with Gasteiger partial charge in [0.2, 0.25) is 5.91 Å². The lowest BCUT2D eigenvalue weighted by Gasteiger charge is -2.22. The zero-order valence-corrected chi connectivity index (χ0v) is 20.9. The maximum atomic E-state index is 13.2. The summed E-state index contributed by atoms with van der Waals surface area (Å²) in [6.07, 6.45) is 0.240. The minimum Gasteiger partial charge on any atom is -0.311 e. The molecule has 0 saturated carbocycles. The zero-order valence-electron chi connectivity index (χ0n) is 19.2. The summed E-state index contributed by atoms with van der Waals surface area (Å²) in [6.45, 7) is 4.34. The van der Waals surface area contributed by atoms with E-state index in [4.69, 9.17) is 10.2 Å². The standard InChI is InChI=1S/C26H24N4O2S2/c1-17-10-11-20(14-18(17)2)30(13-7-12-27)22(31)16-34-26-28-24-23(25(32)29(26)3)21(15-33-24)19-8-5-4-6-9-19/h4-6,8-11,14-15H,7,13,16H2,1-3H3. The number of thioether (sulfide) groups is 1. The molecule has 0 aliphatic rings. The van der Waals surface area contributed by atoms with Crippen LogP contribution in [-0.4, -0.2) is 27.8 Å². The molecule has 0 saturated heterocycles. The van der Waals surface area contributed by atoms with Crippen LogP contribution in [-0.2, 0) is 11.8 Å². The number of fused-ring (bicyclic) bond motifs is 1. The number of rotatable bonds is 7. The third-order valence-corrected chi connectivity index (χ3v) is 7.62. The zero-order chi connectivity index (χ0) is 24.2. The van der Waals surface area contributed by atoms with E-state index in [1.54, 1.807) is 11.9 Å². The maximum Gasteiger partial charge on any atom is 0.263 e. The van der Waals surface area contributed by atoms with Crippen LogP contribution in [0.3, 0.4) is 0 Å². The van der Waals surface area contributed by atoms with Gasteiger partial charge in [0.1, 0.15) is 4.83 Å². The van der Waals surface area contributed by atoms with E-state index < -0.39 is 0 Å². The van der Waals surface area contributed by atoms with E-state index in [0.29, 0.717) is 21.9 Å². The van der Waals surface area contributed by atoms with Gasteiger partial charge in [0.15, 0.2) is 5.16 Å². The van der Waals surface area contributed by atoms with Crippen molar-refractivity contribution in [1.29, 1.82) is 5.26 Å². The molecule has 0 N–H and O–H groups in total. The van der Waals surface area contributed by atoms with Crippen molar-refractivity contribution in [3.05, 3.63) is 75.4 Å². The number of anilines is 1. The quantitative estimate of drug-likeness (QED) is 0.260. The van der Waals surface area contributed by atoms with Crippen molar-refractivity contribution in [1.82, 2.24) is 9.55 Å². The molecule has 172 valence electrons. The third-order valence-electron chi connectivity index (χ3n) is 5.73. The Kier molecular flexibility index (Phi) is 7.15. The molecule has 0 spiro atoms. The molecule has 2 aromatic heterocycles. The Bertz CT molecular complexity index is 1450. The minimum atomic E-state index is -0.131. The fourth-order valence-electron chi connectivity index (χ4n) is 3.67. The van der Waals surface area contributed by atoms with Crippen LogP contribution in [0.5, 0.6) is 0 Å². The smallest absolute Gasteiger partial charge is 0.263 e. The van der Waals surface area contributed by atoms with Crippen LogP contribution >= 0.6 is 23.1 Å². The van der Waals surface area contributed by atoms with Gasteiger partial charge in [-0.05, 0) is 42.7 Å². The highest BCUT2D eigenvalue weighted by Crippen LogP contribution is 2.32. The first-order valence-electron chi connectivity index (χ1n) is 10.8. The number of benzene rings is 2. The van der Waals surface area contributed by atoms with Crippen LogP contribution in [0.2, 0.25) is 0 Å². The number of hydrogen-bond donors (Lipinski definition) is 0. The van der Waals surface area contributed by atoms with Crippen LogP contribution < -0.4 is 10.5 Å². The Morgan fingerprint density at radius 1 is 1.18 bits per heavy atom. The van der Waals surface area contributed by atoms with E-state index in [1.807, 2.05) is 67.8 Å². The molecule has 0 aliphatic carbocycles. The number of nitriles is 1. The molecule has 0 fully saturated rings. The molecule has 0 unspecified atom stereocenters. The number of nitrogens with zero attached hydrogens (tertiary/aromatic N) is 4. The summed E-state index contributed by atoms with van der Waals surface area (Å²) < 4.78 is 1.51. The second kappa shape index (κ2) is 10.2. The van der Waals surface area contributed by atoms with Gasteiger partial charge in [-0.1, -0.05) is 48.2 Å². The second-order valence-corrected chi connectivity index (χ2v) is 9.77. The molecule has 6 nitrogen and oxygen atoms in total. The van der Waals surface area contributed by atoms with Crippen molar-refractivity contribution in [2.45, 2.75) is 25.4 Å². The molecule has 2 heterocycles. The van der Waals surface area contributed by atoms with E-state index in [-0.39, 0.29) is 23.6 Å². The number of hydrogen-bond acceptors (Lipinski definition) is 6. The molecule has 2 aromatic carbocycles. The van der Waals surface area contributed by atoms with Crippen molar-refractivity contribution in [2.24, 2.45) is 7.05 Å². The highest BCUT2D eigenvalue weighted by atomic mass is 32.2. The summed E-state index contributed by atoms with van der Waals surface area (Å²) in [5.41, 5.74) is 4.72. The number of amides is 1. The first-order valence-corrected chi connectivity index (χ1v) is 12.7. The Labute approximate surface area is 206 Å². The van der Waals surface area contributed by atoms with Gasteiger partial charge >= 0.3 is 0 Å². The second-order valence-electron chi connectivity index (χ2n) is 7.96. The summed E-state index contributed by atoms with van der Waals surface area (Å²) in [5.74, 6) is -0.0184. The normalized spacial score (nSPS) is 10.9. The van der Waals surface area contributed by atoms with Crippen molar-refractivity contribution in [3.63, 3.8) is 0 Å². The van der Waals surface area contributed by atoms with E-state index in [2.05, 4.69) is 6.07 Å². The Morgan fingerprint density at radius 3 is 2.65 bits per heavy atom. The molecule has 0 aliphatic heterocycles. The summed E-state index contributed by atoms with van der Waals surface area (Å²) in [4.78, 5) is 33.3. The number of carbonyl (C=O) groups is 1. The Hall–Kier alpha value is -3.41. The lowest BCUT2D eigenvalue weighted by Crippen LogP contribution is -2.33. The highest BCUT2D eigenvalue weighted by molar-refractivity contribution is 7.99. The van der Waals surface area contributed by atoms with E-state index >= 15 is 0 Å². The molecule has 1 amide bonds. The van der Waals surface area contributed by atoms with E-state index in [9.17, 15) is 9.59 Å². The first-order chi connectivity index (χ1) is 16.4. The van der Waals surface area contributed by atoms with E-state index in [0.717, 1.165) is 27.9 Å². The van der Waals surface area contributed by atoms with Crippen LogP contribution in [0.25, 0.3) is 21.3 Å². The Balaban J connectivity index is 1.60. The number of thiophene rings is 1. The molecule has 0 radical (unpaired) electrons. The number of carbonyl (C=O) groups excluding carboxylic acids is 1. The van der Waals surface area contributed by atoms with Crippen LogP contribution in [0, 0.1) is 25.2 Å². The summed E-state index contributed by atoms with van der Waals surface area (Å²) in [6, 6.07) is 17.7. The lowest BCUT2D eigenvalue weighted by molar-refractivity contribution is -0.116. The Morgan fingerprint density at radius 2 is 1.94 bits per heavy atom. The predicted molar refractivity (Wildman–Crippen MR) is 140 cm³/mol. The molecule has 8 heteroatoms. The largest absolute Gasteiger partial charge is 0.311 e. The van der Waals surface area contributed by atoms with Gasteiger partial charge in [-0.2, -0.15) is 5.26 Å². The van der Waals surface area contributed by atoms with Crippen molar-refractivity contribution >= 4 is 44.9 Å². The van der Waals surface area contributed by atoms with Crippen LogP contribution in [0.15, 0.2) is 63.9 Å². The molecular weight excluding hydrogens is 464 g/mol. The van der Waals surface area contributed by atoms with Crippen molar-refractivity contribution in [2.75, 3.05) is 17.2 Å². The van der Waals surface area contributed by atoms with Crippen LogP contribution in [0.1, 0.15) is 17.5 Å². The molecule has 4 aromatic rings. The molecule has 0 atom stereocenters. The monoisotopic (exact) mass is 488 g/mol. The average Bonchev–Trinajstić information content (AvgIpc) is 3.27. The highest BCUT2D eigenvalue weighted by Gasteiger charge is 2.20. The van der Waals surface area contributed by atoms with Crippen molar-refractivity contribution in [3.8, 4) is 17.2 Å². The number of aryl methyl sites for hydroxylation is 2. The molecule has 34 heavy (non-hydrogen) atoms. The summed E-state index contributed by atoms with van der Waals surface area (Å²) in [5, 5.41) is 12.1. The van der Waals surface area contributed by atoms with Gasteiger partial charge < -0.3 is 4.90 Å². The van der Waals surface area contributed by atoms with Gasteiger partial charge in [-0.3, -0.25) is 14.2 Å². The predicted octanol–water partition coefficient (Wildman–Crippen LogP) is 5.32. The van der Waals surface area contributed by atoms with Gasteiger partial charge in [0.05, 0.1) is 23.6 Å². The minimum absolute atomic E-state index is 0.112. The fraction of sp³-hybridized carbons (Fsp3) is 0.231. The van der Waals surface area contributed by atoms with Gasteiger partial charge in [-0.25, -0.2) is 4.98 Å². The lowest BCUT2D eigenvalue weighted by atomic mass is 10.1. The number of aromatic nitrogens is 2. The fourth-order valence-corrected chi connectivity index (χ4v) is 5.51. The third kappa shape index (κ3) is 4.76. The molecule has 0 bridgehead atoms. The summed E-state index contributed by atoms with van der Waals surface area (Å²) >= 11 is 2.67. The molecular formula is C26H24N4O2S2. The topological polar surface area (TPSA) is 79.0 Å². The average molecular weight is 489 g/mol. The SMILES string of the molecule is Cc1ccc(N(CCC#N)C(=O)CSc2nc3scc(-c4ccccc4)c3c(=O)n2C)cc1C. The van der Waals surface area contributed by atoms with E-state index in [1.165, 1.54) is 27.7 Å². The van der Waals surface area contributed by atoms with Gasteiger partial charge in [0, 0.05) is 30.2 Å². The maximum absolute atomic E-state index is 13.2. The van der Waals surface area contributed by atoms with Crippen molar-refractivity contribution < 1.29 is 4.79 Å². The van der Waals surface area contributed by atoms with Gasteiger partial charge in [0.25, 0.3) is 5.56 Å².